The zero-order chi connectivity index (χ0) is 9.10. The Bertz CT molecular complexity index is 259. The molecule has 1 saturated heterocycles. The number of hydrogen-bond donors (Lipinski definition) is 1. The Morgan fingerprint density at radius 1 is 1.62 bits per heavy atom. The van der Waals surface area contributed by atoms with Gasteiger partial charge >= 0.3 is 0 Å². The Labute approximate surface area is 78.1 Å². The van der Waals surface area contributed by atoms with Crippen molar-refractivity contribution in [3.63, 3.8) is 0 Å². The van der Waals surface area contributed by atoms with Crippen LogP contribution in [-0.4, -0.2) is 17.8 Å². The van der Waals surface area contributed by atoms with Crippen molar-refractivity contribution in [3.8, 4) is 0 Å². The van der Waals surface area contributed by atoms with Crippen molar-refractivity contribution >= 4 is 0 Å². The van der Waals surface area contributed by atoms with E-state index in [0.717, 1.165) is 18.7 Å². The molecule has 70 valence electrons. The van der Waals surface area contributed by atoms with E-state index >= 15 is 0 Å². The van der Waals surface area contributed by atoms with Gasteiger partial charge in [-0.25, -0.2) is 0 Å². The second-order valence-corrected chi connectivity index (χ2v) is 3.29. The fourth-order valence-electron chi connectivity index (χ4n) is 1.36. The molecule has 1 aromatic heterocycles. The molecule has 1 aromatic rings. The molecule has 3 nitrogen and oxygen atoms in total. The van der Waals surface area contributed by atoms with Crippen LogP contribution in [0.5, 0.6) is 0 Å². The van der Waals surface area contributed by atoms with Crippen LogP contribution in [0.1, 0.15) is 25.1 Å². The van der Waals surface area contributed by atoms with E-state index in [1.165, 1.54) is 0 Å². The molecule has 0 radical (unpaired) electrons. The van der Waals surface area contributed by atoms with E-state index in [4.69, 9.17) is 4.74 Å². The summed E-state index contributed by atoms with van der Waals surface area (Å²) in [5, 5.41) is 3.35. The number of nitrogens with one attached hydrogen (secondary N) is 1. The topological polar surface area (TPSA) is 34.1 Å². The van der Waals surface area contributed by atoms with Gasteiger partial charge in [0.1, 0.15) is 6.23 Å². The second-order valence-electron chi connectivity index (χ2n) is 3.29. The summed E-state index contributed by atoms with van der Waals surface area (Å²) in [6.07, 6.45) is 3.16. The first-order valence-electron chi connectivity index (χ1n) is 4.65. The molecule has 2 heterocycles. The fourth-order valence-corrected chi connectivity index (χ4v) is 1.36. The Morgan fingerprint density at radius 2 is 2.46 bits per heavy atom. The number of pyridine rings is 1. The van der Waals surface area contributed by atoms with Gasteiger partial charge in [0.25, 0.3) is 0 Å². The van der Waals surface area contributed by atoms with Gasteiger partial charge in [0.2, 0.25) is 0 Å². The van der Waals surface area contributed by atoms with E-state index in [1.54, 1.807) is 0 Å². The molecule has 1 aliphatic heterocycles. The maximum Gasteiger partial charge on any atom is 0.110 e. The number of rotatable bonds is 3. The highest BCUT2D eigenvalue weighted by molar-refractivity contribution is 5.07. The van der Waals surface area contributed by atoms with E-state index in [1.807, 2.05) is 24.4 Å². The smallest absolute Gasteiger partial charge is 0.110 e. The average Bonchev–Trinajstić information content (AvgIpc) is 2.12. The molecule has 1 unspecified atom stereocenters. The van der Waals surface area contributed by atoms with Crippen LogP contribution in [0.2, 0.25) is 0 Å². The normalized spacial score (nSPS) is 23.6. The highest BCUT2D eigenvalue weighted by atomic mass is 16.5. The third-order valence-electron chi connectivity index (χ3n) is 2.27. The Kier molecular flexibility index (Phi) is 2.57. The van der Waals surface area contributed by atoms with E-state index in [0.29, 0.717) is 0 Å². The van der Waals surface area contributed by atoms with Crippen LogP contribution in [0.15, 0.2) is 24.4 Å². The lowest BCUT2D eigenvalue weighted by Crippen LogP contribution is -2.42. The molecular formula is C10H14N2O. The summed E-state index contributed by atoms with van der Waals surface area (Å²) in [5.41, 5.74) is 1.07. The van der Waals surface area contributed by atoms with Crippen molar-refractivity contribution in [2.75, 3.05) is 6.61 Å². The first kappa shape index (κ1) is 8.66. The highest BCUT2D eigenvalue weighted by Crippen LogP contribution is 2.14. The molecule has 0 spiro atoms. The number of nitrogens with zero attached hydrogens (tertiary/aromatic N) is 1. The summed E-state index contributed by atoms with van der Waals surface area (Å²) in [4.78, 5) is 4.27. The molecule has 3 heteroatoms. The molecule has 1 aliphatic rings. The third kappa shape index (κ3) is 2.05. The minimum Gasteiger partial charge on any atom is -0.363 e. The zero-order valence-electron chi connectivity index (χ0n) is 7.73. The number of hydrogen-bond acceptors (Lipinski definition) is 3. The summed E-state index contributed by atoms with van der Waals surface area (Å²) >= 11 is 0. The van der Waals surface area contributed by atoms with Gasteiger partial charge in [0.15, 0.2) is 0 Å². The van der Waals surface area contributed by atoms with Gasteiger partial charge in [0.05, 0.1) is 12.3 Å². The van der Waals surface area contributed by atoms with Crippen molar-refractivity contribution in [1.29, 1.82) is 0 Å². The van der Waals surface area contributed by atoms with Crippen molar-refractivity contribution in [3.05, 3.63) is 30.1 Å². The van der Waals surface area contributed by atoms with E-state index in [2.05, 4.69) is 17.2 Å². The van der Waals surface area contributed by atoms with E-state index in [9.17, 15) is 0 Å². The van der Waals surface area contributed by atoms with Gasteiger partial charge in [-0.05, 0) is 19.1 Å². The fraction of sp³-hybridized carbons (Fsp3) is 0.500. The SMILES string of the molecule is CC(N[C@@H]1CCO1)c1ccccn1. The molecule has 0 amide bonds. The first-order chi connectivity index (χ1) is 6.36. The Balaban J connectivity index is 1.92. The van der Waals surface area contributed by atoms with Gasteiger partial charge in [-0.1, -0.05) is 6.07 Å². The van der Waals surface area contributed by atoms with E-state index < -0.39 is 0 Å². The van der Waals surface area contributed by atoms with Crippen LogP contribution in [-0.2, 0) is 4.74 Å². The minimum atomic E-state index is 0.233. The molecule has 0 saturated carbocycles. The summed E-state index contributed by atoms with van der Waals surface area (Å²) < 4.78 is 5.28. The lowest BCUT2D eigenvalue weighted by Gasteiger charge is -2.30. The Morgan fingerprint density at radius 3 is 3.00 bits per heavy atom. The second kappa shape index (κ2) is 3.85. The summed E-state index contributed by atoms with van der Waals surface area (Å²) in [6, 6.07) is 6.22. The van der Waals surface area contributed by atoms with Crippen LogP contribution < -0.4 is 5.32 Å². The van der Waals surface area contributed by atoms with Crippen molar-refractivity contribution in [1.82, 2.24) is 10.3 Å². The van der Waals surface area contributed by atoms with Gasteiger partial charge in [0, 0.05) is 18.7 Å². The van der Waals surface area contributed by atoms with Crippen molar-refractivity contribution in [2.45, 2.75) is 25.6 Å². The van der Waals surface area contributed by atoms with Gasteiger partial charge < -0.3 is 4.74 Å². The van der Waals surface area contributed by atoms with Crippen molar-refractivity contribution < 1.29 is 4.74 Å². The number of aromatic nitrogens is 1. The quantitative estimate of drug-likeness (QED) is 0.761. The van der Waals surface area contributed by atoms with Crippen LogP contribution >= 0.6 is 0 Å². The molecule has 2 rings (SSSR count). The predicted octanol–water partition coefficient (Wildman–Crippen LogP) is 1.48. The summed E-state index contributed by atoms with van der Waals surface area (Å²) in [7, 11) is 0. The van der Waals surface area contributed by atoms with E-state index in [-0.39, 0.29) is 12.3 Å². The Hall–Kier alpha value is -0.930. The molecular weight excluding hydrogens is 164 g/mol. The lowest BCUT2D eigenvalue weighted by molar-refractivity contribution is -0.0761. The summed E-state index contributed by atoms with van der Waals surface area (Å²) in [5.74, 6) is 0. The van der Waals surface area contributed by atoms with Crippen LogP contribution in [0.4, 0.5) is 0 Å². The largest absolute Gasteiger partial charge is 0.363 e. The molecule has 0 aromatic carbocycles. The van der Waals surface area contributed by atoms with Gasteiger partial charge in [-0.2, -0.15) is 0 Å². The zero-order valence-corrected chi connectivity index (χ0v) is 7.73. The van der Waals surface area contributed by atoms with Gasteiger partial charge in [-0.3, -0.25) is 10.3 Å². The van der Waals surface area contributed by atoms with Crippen LogP contribution in [0.25, 0.3) is 0 Å². The monoisotopic (exact) mass is 178 g/mol. The molecule has 1 fully saturated rings. The molecule has 13 heavy (non-hydrogen) atoms. The molecule has 1 N–H and O–H groups in total. The standard InChI is InChI=1S/C10H14N2O/c1-8(12-10-5-7-13-10)9-4-2-3-6-11-9/h2-4,6,8,10,12H,5,7H2,1H3/t8?,10-/m0/s1. The summed E-state index contributed by atoms with van der Waals surface area (Å²) in [6.45, 7) is 2.98. The predicted molar refractivity (Wildman–Crippen MR) is 50.1 cm³/mol. The third-order valence-corrected chi connectivity index (χ3v) is 2.27. The maximum absolute atomic E-state index is 5.28. The van der Waals surface area contributed by atoms with Gasteiger partial charge in [-0.15, -0.1) is 0 Å². The molecule has 0 aliphatic carbocycles. The minimum absolute atomic E-state index is 0.233. The van der Waals surface area contributed by atoms with Crippen molar-refractivity contribution in [2.24, 2.45) is 0 Å². The van der Waals surface area contributed by atoms with Crippen LogP contribution in [0, 0.1) is 0 Å². The number of ether oxygens (including phenoxy) is 1. The van der Waals surface area contributed by atoms with Crippen LogP contribution in [0.3, 0.4) is 0 Å². The molecule has 0 bridgehead atoms. The lowest BCUT2D eigenvalue weighted by atomic mass is 10.2. The average molecular weight is 178 g/mol. The maximum atomic E-state index is 5.28. The highest BCUT2D eigenvalue weighted by Gasteiger charge is 2.20. The first-order valence-corrected chi connectivity index (χ1v) is 4.65. The molecule has 2 atom stereocenters.